The van der Waals surface area contributed by atoms with Crippen LogP contribution in [-0.4, -0.2) is 41.6 Å². The fourth-order valence-corrected chi connectivity index (χ4v) is 1.52. The van der Waals surface area contributed by atoms with Crippen LogP contribution in [0.3, 0.4) is 0 Å². The highest BCUT2D eigenvalue weighted by Gasteiger charge is 2.59. The van der Waals surface area contributed by atoms with Crippen molar-refractivity contribution in [2.24, 2.45) is 0 Å². The van der Waals surface area contributed by atoms with Crippen molar-refractivity contribution in [2.45, 2.75) is 38.3 Å². The Hall–Kier alpha value is -1.14. The second kappa shape index (κ2) is 3.46. The lowest BCUT2D eigenvalue weighted by Crippen LogP contribution is -2.49. The largest absolute Gasteiger partial charge is 0.479 e. The second-order valence-corrected chi connectivity index (χ2v) is 3.94. The number of hydrogen-bond donors (Lipinski definition) is 1. The van der Waals surface area contributed by atoms with E-state index in [2.05, 4.69) is 4.74 Å². The Bertz CT molecular complexity index is 297. The molecule has 0 spiro atoms. The minimum atomic E-state index is -1.71. The molecule has 86 valence electrons. The summed E-state index contributed by atoms with van der Waals surface area (Å²) in [6.45, 7) is 4.36. The Morgan fingerprint density at radius 2 is 1.87 bits per heavy atom. The molecule has 1 N–H and O–H groups in total. The molecule has 1 aliphatic heterocycles. The number of carboxylic acid groups (broad SMARTS) is 1. The predicted molar refractivity (Wildman–Crippen MR) is 48.1 cm³/mol. The van der Waals surface area contributed by atoms with Gasteiger partial charge in [0.25, 0.3) is 0 Å². The molecule has 0 saturated carbocycles. The molecule has 1 aliphatic rings. The van der Waals surface area contributed by atoms with Gasteiger partial charge in [-0.1, -0.05) is 0 Å². The summed E-state index contributed by atoms with van der Waals surface area (Å²) in [7, 11) is 1.17. The zero-order valence-corrected chi connectivity index (χ0v) is 9.07. The molecule has 1 saturated heterocycles. The summed E-state index contributed by atoms with van der Waals surface area (Å²) in [5.74, 6) is -3.14. The van der Waals surface area contributed by atoms with Gasteiger partial charge in [0, 0.05) is 0 Å². The zero-order chi connectivity index (χ0) is 11.9. The fraction of sp³-hybridized carbons (Fsp3) is 0.778. The average Bonchev–Trinajstić information content (AvgIpc) is 2.36. The number of carboxylic acids is 1. The van der Waals surface area contributed by atoms with Gasteiger partial charge >= 0.3 is 11.9 Å². The first-order valence-electron chi connectivity index (χ1n) is 4.42. The SMILES string of the molecule is COC(=O)[C@@H]1OC(C)(C)O[C@@]1(C)C(=O)O. The van der Waals surface area contributed by atoms with Crippen LogP contribution in [0.1, 0.15) is 20.8 Å². The van der Waals surface area contributed by atoms with Gasteiger partial charge in [-0.3, -0.25) is 0 Å². The highest BCUT2D eigenvalue weighted by Crippen LogP contribution is 2.37. The third kappa shape index (κ3) is 1.95. The number of hydrogen-bond acceptors (Lipinski definition) is 5. The molecular formula is C9H14O6. The van der Waals surface area contributed by atoms with Gasteiger partial charge in [0.15, 0.2) is 11.9 Å². The molecule has 6 heteroatoms. The first kappa shape index (κ1) is 11.9. The second-order valence-electron chi connectivity index (χ2n) is 3.94. The maximum absolute atomic E-state index is 11.3. The van der Waals surface area contributed by atoms with E-state index in [1.165, 1.54) is 27.9 Å². The lowest BCUT2D eigenvalue weighted by Gasteiger charge is -2.22. The molecule has 1 heterocycles. The zero-order valence-electron chi connectivity index (χ0n) is 9.07. The van der Waals surface area contributed by atoms with Crippen molar-refractivity contribution in [3.05, 3.63) is 0 Å². The van der Waals surface area contributed by atoms with Crippen molar-refractivity contribution in [1.29, 1.82) is 0 Å². The highest BCUT2D eigenvalue weighted by atomic mass is 16.8. The van der Waals surface area contributed by atoms with Gasteiger partial charge in [-0.25, -0.2) is 9.59 Å². The molecule has 0 aromatic rings. The van der Waals surface area contributed by atoms with Crippen molar-refractivity contribution in [2.75, 3.05) is 7.11 Å². The third-order valence-electron chi connectivity index (χ3n) is 2.20. The Kier molecular flexibility index (Phi) is 2.75. The molecule has 15 heavy (non-hydrogen) atoms. The van der Waals surface area contributed by atoms with Crippen molar-refractivity contribution < 1.29 is 28.9 Å². The first-order valence-corrected chi connectivity index (χ1v) is 4.42. The molecule has 1 fully saturated rings. The van der Waals surface area contributed by atoms with E-state index in [4.69, 9.17) is 14.6 Å². The van der Waals surface area contributed by atoms with E-state index in [1.807, 2.05) is 0 Å². The van der Waals surface area contributed by atoms with Gasteiger partial charge in [0.2, 0.25) is 5.60 Å². The molecule has 1 rings (SSSR count). The third-order valence-corrected chi connectivity index (χ3v) is 2.20. The molecular weight excluding hydrogens is 204 g/mol. The molecule has 2 atom stereocenters. The smallest absolute Gasteiger partial charge is 0.339 e. The van der Waals surface area contributed by atoms with Crippen LogP contribution in [-0.2, 0) is 23.8 Å². The number of esters is 1. The van der Waals surface area contributed by atoms with Gasteiger partial charge in [0.05, 0.1) is 7.11 Å². The normalized spacial score (nSPS) is 33.7. The Morgan fingerprint density at radius 1 is 1.33 bits per heavy atom. The van der Waals surface area contributed by atoms with Gasteiger partial charge in [0.1, 0.15) is 0 Å². The number of carbonyl (C=O) groups is 2. The van der Waals surface area contributed by atoms with E-state index >= 15 is 0 Å². The van der Waals surface area contributed by atoms with E-state index in [1.54, 1.807) is 0 Å². The van der Waals surface area contributed by atoms with Crippen molar-refractivity contribution in [3.8, 4) is 0 Å². The van der Waals surface area contributed by atoms with Crippen LogP contribution in [0.25, 0.3) is 0 Å². The van der Waals surface area contributed by atoms with Gasteiger partial charge in [-0.05, 0) is 20.8 Å². The quantitative estimate of drug-likeness (QED) is 0.664. The summed E-state index contributed by atoms with van der Waals surface area (Å²) in [4.78, 5) is 22.4. The van der Waals surface area contributed by atoms with Crippen molar-refractivity contribution in [3.63, 3.8) is 0 Å². The monoisotopic (exact) mass is 218 g/mol. The molecule has 0 amide bonds. The van der Waals surface area contributed by atoms with E-state index in [0.717, 1.165) is 0 Å². The van der Waals surface area contributed by atoms with Crippen LogP contribution in [0.4, 0.5) is 0 Å². The molecule has 0 radical (unpaired) electrons. The molecule has 0 aromatic heterocycles. The lowest BCUT2D eigenvalue weighted by molar-refractivity contribution is -0.182. The number of ether oxygens (including phenoxy) is 3. The summed E-state index contributed by atoms with van der Waals surface area (Å²) in [6.07, 6.45) is -1.25. The summed E-state index contributed by atoms with van der Waals surface area (Å²) in [5.41, 5.74) is -1.71. The molecule has 0 bridgehead atoms. The predicted octanol–water partition coefficient (Wildman–Crippen LogP) is 0.154. The summed E-state index contributed by atoms with van der Waals surface area (Å²) in [6, 6.07) is 0. The maximum Gasteiger partial charge on any atom is 0.339 e. The van der Waals surface area contributed by atoms with Crippen LogP contribution >= 0.6 is 0 Å². The van der Waals surface area contributed by atoms with Gasteiger partial charge < -0.3 is 19.3 Å². The van der Waals surface area contributed by atoms with Crippen LogP contribution < -0.4 is 0 Å². The molecule has 0 aliphatic carbocycles. The minimum Gasteiger partial charge on any atom is -0.479 e. The number of methoxy groups -OCH3 is 1. The summed E-state index contributed by atoms with van der Waals surface area (Å²) >= 11 is 0. The van der Waals surface area contributed by atoms with E-state index in [9.17, 15) is 9.59 Å². The van der Waals surface area contributed by atoms with Crippen LogP contribution in [0.2, 0.25) is 0 Å². The standard InChI is InChI=1S/C9H14O6/c1-8(2)14-5(6(10)13-4)9(3,15-8)7(11)12/h5H,1-4H3,(H,11,12)/t5-,9+/m0/s1. The Balaban J connectivity index is 3.04. The molecule has 6 nitrogen and oxygen atoms in total. The number of aliphatic carboxylic acids is 1. The Labute approximate surface area is 87.1 Å². The van der Waals surface area contributed by atoms with Crippen molar-refractivity contribution in [1.82, 2.24) is 0 Å². The summed E-state index contributed by atoms with van der Waals surface area (Å²) in [5, 5.41) is 9.01. The van der Waals surface area contributed by atoms with Gasteiger partial charge in [-0.15, -0.1) is 0 Å². The summed E-state index contributed by atoms with van der Waals surface area (Å²) < 4.78 is 14.9. The van der Waals surface area contributed by atoms with E-state index < -0.39 is 29.4 Å². The lowest BCUT2D eigenvalue weighted by atomic mass is 10.00. The van der Waals surface area contributed by atoms with Gasteiger partial charge in [-0.2, -0.15) is 0 Å². The number of rotatable bonds is 2. The van der Waals surface area contributed by atoms with E-state index in [0.29, 0.717) is 0 Å². The first-order chi connectivity index (χ1) is 6.73. The topological polar surface area (TPSA) is 82.1 Å². The van der Waals surface area contributed by atoms with Crippen LogP contribution in [0, 0.1) is 0 Å². The van der Waals surface area contributed by atoms with Crippen LogP contribution in [0.15, 0.2) is 0 Å². The minimum absolute atomic E-state index is 0.759. The average molecular weight is 218 g/mol. The van der Waals surface area contributed by atoms with Crippen LogP contribution in [0.5, 0.6) is 0 Å². The Morgan fingerprint density at radius 3 is 2.27 bits per heavy atom. The maximum atomic E-state index is 11.3. The molecule has 0 unspecified atom stereocenters. The number of carbonyl (C=O) groups excluding carboxylic acids is 1. The fourth-order valence-electron chi connectivity index (χ4n) is 1.52. The van der Waals surface area contributed by atoms with E-state index in [-0.39, 0.29) is 0 Å². The molecule has 0 aromatic carbocycles. The highest BCUT2D eigenvalue weighted by molar-refractivity contribution is 5.88. The van der Waals surface area contributed by atoms with Crippen molar-refractivity contribution >= 4 is 11.9 Å².